The number of carbonyl (C=O) groups is 1. The minimum atomic E-state index is -0.668. The number of ether oxygens (including phenoxy) is 1. The molecular weight excluding hydrogens is 512 g/mol. The summed E-state index contributed by atoms with van der Waals surface area (Å²) in [5.41, 5.74) is 4.16. The number of hydrogen-bond donors (Lipinski definition) is 0. The van der Waals surface area contributed by atoms with E-state index >= 15 is 4.39 Å². The topological polar surface area (TPSA) is 74.1 Å². The molecule has 0 atom stereocenters. The van der Waals surface area contributed by atoms with Crippen molar-refractivity contribution in [1.29, 1.82) is 0 Å². The molecule has 5 aromatic rings. The van der Waals surface area contributed by atoms with Crippen molar-refractivity contribution < 1.29 is 18.3 Å². The number of Topliss-reactive ketones (excluding diaryl/α,β-unsaturated/α-hetero) is 1. The molecular formula is C32H25F2N3O3. The normalized spacial score (nSPS) is 11.0. The number of aryl methyl sites for hydroxylation is 2. The number of aromatic nitrogens is 3. The monoisotopic (exact) mass is 537 g/mol. The molecule has 0 aliphatic heterocycles. The largest absolute Gasteiger partial charge is 0.452 e. The Balaban J connectivity index is 1.41. The Hall–Kier alpha value is -4.98. The van der Waals surface area contributed by atoms with Crippen LogP contribution in [0.25, 0.3) is 22.3 Å². The highest BCUT2D eigenvalue weighted by Crippen LogP contribution is 2.30. The van der Waals surface area contributed by atoms with Crippen molar-refractivity contribution in [3.8, 4) is 17.2 Å². The van der Waals surface area contributed by atoms with Crippen LogP contribution in [0.15, 0.2) is 84.4 Å². The van der Waals surface area contributed by atoms with Crippen molar-refractivity contribution in [2.24, 2.45) is 0 Å². The number of fused-ring (bicyclic) bond motifs is 1. The van der Waals surface area contributed by atoms with Gasteiger partial charge in [0.15, 0.2) is 23.1 Å². The smallest absolute Gasteiger partial charge is 0.266 e. The van der Waals surface area contributed by atoms with Crippen LogP contribution in [0.1, 0.15) is 39.7 Å². The van der Waals surface area contributed by atoms with Crippen molar-refractivity contribution in [2.75, 3.05) is 0 Å². The molecule has 8 heteroatoms. The van der Waals surface area contributed by atoms with Gasteiger partial charge >= 0.3 is 0 Å². The summed E-state index contributed by atoms with van der Waals surface area (Å²) in [6.45, 7) is 9.20. The van der Waals surface area contributed by atoms with E-state index in [-0.39, 0.29) is 17.7 Å². The third-order valence-electron chi connectivity index (χ3n) is 6.57. The van der Waals surface area contributed by atoms with E-state index in [0.717, 1.165) is 11.1 Å². The van der Waals surface area contributed by atoms with Crippen LogP contribution < -0.4 is 10.3 Å². The molecule has 0 aliphatic rings. The lowest BCUT2D eigenvalue weighted by atomic mass is 9.99. The molecule has 3 heterocycles. The Bertz CT molecular complexity index is 1860. The van der Waals surface area contributed by atoms with Gasteiger partial charge in [-0.3, -0.25) is 24.1 Å². The molecule has 5 rings (SSSR count). The molecule has 3 aromatic heterocycles. The Morgan fingerprint density at radius 1 is 0.975 bits per heavy atom. The van der Waals surface area contributed by atoms with Gasteiger partial charge in [0.2, 0.25) is 0 Å². The lowest BCUT2D eigenvalue weighted by Gasteiger charge is -2.14. The number of hydrogen-bond acceptors (Lipinski definition) is 5. The summed E-state index contributed by atoms with van der Waals surface area (Å²) in [4.78, 5) is 35.3. The van der Waals surface area contributed by atoms with Crippen molar-refractivity contribution in [2.45, 2.75) is 27.2 Å². The minimum absolute atomic E-state index is 0.000815. The first kappa shape index (κ1) is 26.6. The zero-order valence-corrected chi connectivity index (χ0v) is 22.2. The minimum Gasteiger partial charge on any atom is -0.452 e. The van der Waals surface area contributed by atoms with Crippen molar-refractivity contribution in [3.05, 3.63) is 130 Å². The summed E-state index contributed by atoms with van der Waals surface area (Å²) in [5, 5.41) is 0. The van der Waals surface area contributed by atoms with Crippen LogP contribution in [-0.2, 0) is 6.42 Å². The van der Waals surface area contributed by atoms with Gasteiger partial charge in [0.05, 0.1) is 11.1 Å². The summed E-state index contributed by atoms with van der Waals surface area (Å²) in [6.07, 6.45) is 3.01. The van der Waals surface area contributed by atoms with Gasteiger partial charge in [-0.25, -0.2) is 8.78 Å². The molecule has 0 amide bonds. The Morgan fingerprint density at radius 3 is 2.42 bits per heavy atom. The predicted molar refractivity (Wildman–Crippen MR) is 150 cm³/mol. The van der Waals surface area contributed by atoms with Crippen LogP contribution in [0.3, 0.4) is 0 Å². The van der Waals surface area contributed by atoms with Gasteiger partial charge in [-0.05, 0) is 91.6 Å². The van der Waals surface area contributed by atoms with Gasteiger partial charge in [-0.1, -0.05) is 12.6 Å². The summed E-state index contributed by atoms with van der Waals surface area (Å²) in [5.74, 6) is -1.27. The van der Waals surface area contributed by atoms with Crippen LogP contribution >= 0.6 is 0 Å². The molecule has 0 unspecified atom stereocenters. The molecule has 0 saturated heterocycles. The molecule has 6 nitrogen and oxygen atoms in total. The van der Waals surface area contributed by atoms with Crippen molar-refractivity contribution in [3.63, 3.8) is 0 Å². The molecule has 200 valence electrons. The third-order valence-corrected chi connectivity index (χ3v) is 6.57. The van der Waals surface area contributed by atoms with Gasteiger partial charge in [-0.2, -0.15) is 0 Å². The first-order valence-corrected chi connectivity index (χ1v) is 12.5. The lowest BCUT2D eigenvalue weighted by molar-refractivity contribution is 0.0990. The number of ketones is 1. The Morgan fingerprint density at radius 2 is 1.73 bits per heavy atom. The number of benzene rings is 2. The van der Waals surface area contributed by atoms with Crippen LogP contribution in [0.2, 0.25) is 0 Å². The highest BCUT2D eigenvalue weighted by atomic mass is 19.1. The van der Waals surface area contributed by atoms with E-state index in [2.05, 4.69) is 16.5 Å². The number of pyridine rings is 3. The molecule has 0 saturated carbocycles. The number of halogens is 2. The van der Waals surface area contributed by atoms with E-state index in [0.29, 0.717) is 39.3 Å². The van der Waals surface area contributed by atoms with Gasteiger partial charge in [-0.15, -0.1) is 0 Å². The molecule has 0 bridgehead atoms. The second kappa shape index (κ2) is 10.6. The van der Waals surface area contributed by atoms with E-state index in [1.165, 1.54) is 41.0 Å². The second-order valence-corrected chi connectivity index (χ2v) is 9.61. The molecule has 40 heavy (non-hydrogen) atoms. The summed E-state index contributed by atoms with van der Waals surface area (Å²) < 4.78 is 35.7. The molecule has 0 fully saturated rings. The SMILES string of the molecule is C=C(C)c1cnc2c(Oc3ccc(CC(=O)c4c(C)cc(C)n(-c5ccc(F)cc5)c4=O)cc3F)ccnc2c1. The fourth-order valence-corrected chi connectivity index (χ4v) is 4.59. The van der Waals surface area contributed by atoms with Crippen LogP contribution in [0.5, 0.6) is 11.5 Å². The second-order valence-electron chi connectivity index (χ2n) is 9.61. The maximum Gasteiger partial charge on any atom is 0.266 e. The zero-order valence-electron chi connectivity index (χ0n) is 22.2. The van der Waals surface area contributed by atoms with Crippen LogP contribution in [0.4, 0.5) is 8.78 Å². The average Bonchev–Trinajstić information content (AvgIpc) is 2.90. The molecule has 0 radical (unpaired) electrons. The summed E-state index contributed by atoms with van der Waals surface area (Å²) in [6, 6.07) is 14.8. The first-order chi connectivity index (χ1) is 19.1. The molecule has 0 aliphatic carbocycles. The van der Waals surface area contributed by atoms with E-state index in [1.54, 1.807) is 44.4 Å². The standard InChI is InChI=1S/C32H25F2N3O3/c1-18(2)22-16-26-31(36-17-22)29(11-12-35-26)40-28-10-5-21(14-25(28)34)15-27(38)30-19(3)13-20(4)37(32(30)39)24-8-6-23(33)7-9-24/h5-14,16-17H,1,15H2,2-4H3. The van der Waals surface area contributed by atoms with E-state index in [9.17, 15) is 14.0 Å². The van der Waals surface area contributed by atoms with Gasteiger partial charge in [0.1, 0.15) is 11.3 Å². The number of carbonyl (C=O) groups excluding carboxylic acids is 1. The quantitative estimate of drug-likeness (QED) is 0.211. The lowest BCUT2D eigenvalue weighted by Crippen LogP contribution is -2.29. The fraction of sp³-hybridized carbons (Fsp3) is 0.125. The highest BCUT2D eigenvalue weighted by Gasteiger charge is 2.20. The fourth-order valence-electron chi connectivity index (χ4n) is 4.59. The summed E-state index contributed by atoms with van der Waals surface area (Å²) >= 11 is 0. The van der Waals surface area contributed by atoms with Gasteiger partial charge in [0, 0.05) is 36.3 Å². The maximum absolute atomic E-state index is 15.1. The number of rotatable bonds is 7. The van der Waals surface area contributed by atoms with Gasteiger partial charge in [0.25, 0.3) is 5.56 Å². The summed E-state index contributed by atoms with van der Waals surface area (Å²) in [7, 11) is 0. The molecule has 2 aromatic carbocycles. The Kier molecular flexibility index (Phi) is 7.09. The van der Waals surface area contributed by atoms with Crippen LogP contribution in [-0.4, -0.2) is 20.3 Å². The highest BCUT2D eigenvalue weighted by molar-refractivity contribution is 5.98. The van der Waals surface area contributed by atoms with E-state index < -0.39 is 23.0 Å². The van der Waals surface area contributed by atoms with Gasteiger partial charge < -0.3 is 4.74 Å². The number of nitrogens with zero attached hydrogens (tertiary/aromatic N) is 3. The molecule has 0 spiro atoms. The van der Waals surface area contributed by atoms with Crippen molar-refractivity contribution >= 4 is 22.4 Å². The predicted octanol–water partition coefficient (Wildman–Crippen LogP) is 6.93. The average molecular weight is 538 g/mol. The van der Waals surface area contributed by atoms with Crippen LogP contribution in [0, 0.1) is 25.5 Å². The van der Waals surface area contributed by atoms with E-state index in [1.807, 2.05) is 13.0 Å². The maximum atomic E-state index is 15.1. The number of allylic oxidation sites excluding steroid dienone is 1. The Labute approximate surface area is 229 Å². The first-order valence-electron chi connectivity index (χ1n) is 12.5. The van der Waals surface area contributed by atoms with E-state index in [4.69, 9.17) is 4.74 Å². The molecule has 0 N–H and O–H groups in total. The third kappa shape index (κ3) is 5.16. The zero-order chi connectivity index (χ0) is 28.6. The van der Waals surface area contributed by atoms with Crippen molar-refractivity contribution in [1.82, 2.24) is 14.5 Å².